The SMILES string of the molecule is O=C(O)Cc1cc(O)cc(O)c1I(=O)=O. The Kier molecular flexibility index (Phi) is 3.45. The monoisotopic (exact) mass is 326 g/mol. The molecule has 0 aliphatic rings. The molecule has 0 bridgehead atoms. The fourth-order valence-electron chi connectivity index (χ4n) is 1.12. The van der Waals surface area contributed by atoms with Gasteiger partial charge in [-0.05, 0) is 11.6 Å². The fourth-order valence-corrected chi connectivity index (χ4v) is 2.64. The first kappa shape index (κ1) is 11.7. The molecule has 0 saturated heterocycles. The van der Waals surface area contributed by atoms with Crippen LogP contribution in [-0.2, 0) is 17.4 Å². The van der Waals surface area contributed by atoms with E-state index in [0.29, 0.717) is 0 Å². The first-order valence-electron chi connectivity index (χ1n) is 3.73. The minimum atomic E-state index is -3.98. The number of phenols is 2. The van der Waals surface area contributed by atoms with Crippen molar-refractivity contribution in [3.8, 4) is 11.5 Å². The maximum atomic E-state index is 10.8. The third-order valence-corrected chi connectivity index (χ3v) is 3.74. The van der Waals surface area contributed by atoms with Crippen molar-refractivity contribution in [2.45, 2.75) is 6.42 Å². The van der Waals surface area contributed by atoms with Gasteiger partial charge in [0.2, 0.25) is 0 Å². The third kappa shape index (κ3) is 2.78. The number of aliphatic carboxylic acids is 1. The van der Waals surface area contributed by atoms with Crippen LogP contribution in [0.3, 0.4) is 0 Å². The predicted molar refractivity (Wildman–Crippen MR) is 55.2 cm³/mol. The summed E-state index contributed by atoms with van der Waals surface area (Å²) < 4.78 is 21.3. The number of carboxylic acids is 1. The Bertz CT molecular complexity index is 468. The summed E-state index contributed by atoms with van der Waals surface area (Å²) in [6.07, 6.45) is -0.560. The first-order chi connectivity index (χ1) is 6.91. The zero-order chi connectivity index (χ0) is 11.6. The molecule has 0 aromatic heterocycles. The Morgan fingerprint density at radius 3 is 2.33 bits per heavy atom. The van der Waals surface area contributed by atoms with Crippen LogP contribution in [0.5, 0.6) is 11.5 Å². The maximum absolute atomic E-state index is 10.8. The van der Waals surface area contributed by atoms with E-state index in [1.165, 1.54) is 0 Å². The molecule has 0 aliphatic heterocycles. The van der Waals surface area contributed by atoms with Gasteiger partial charge in [-0.1, -0.05) is 0 Å². The molecule has 82 valence electrons. The minimum Gasteiger partial charge on any atom is -0.508 e. The molecule has 15 heavy (non-hydrogen) atoms. The molecule has 0 aliphatic carbocycles. The average Bonchev–Trinajstić information content (AvgIpc) is 1.99. The van der Waals surface area contributed by atoms with E-state index in [9.17, 15) is 16.0 Å². The number of carboxylic acid groups (broad SMARTS) is 1. The molecule has 0 radical (unpaired) electrons. The van der Waals surface area contributed by atoms with Crippen LogP contribution in [0.2, 0.25) is 0 Å². The Morgan fingerprint density at radius 2 is 1.87 bits per heavy atom. The summed E-state index contributed by atoms with van der Waals surface area (Å²) >= 11 is -3.98. The second kappa shape index (κ2) is 4.43. The smallest absolute Gasteiger partial charge is 0.344 e. The normalized spacial score (nSPS) is 10.5. The molecule has 1 rings (SSSR count). The molecule has 0 unspecified atom stereocenters. The standard InChI is InChI=1S/C8H7IO6/c10-5-1-4(2-7(12)13)8(9(14)15)6(11)3-5/h1,3,10-11H,2H2,(H,12,13). The highest BCUT2D eigenvalue weighted by Crippen LogP contribution is 2.34. The summed E-state index contributed by atoms with van der Waals surface area (Å²) in [6, 6.07) is 1.88. The van der Waals surface area contributed by atoms with E-state index in [2.05, 4.69) is 0 Å². The number of hydrogen-bond acceptors (Lipinski definition) is 5. The second-order valence-corrected chi connectivity index (χ2v) is 5.04. The lowest BCUT2D eigenvalue weighted by Crippen LogP contribution is -2.02. The molecule has 3 N–H and O–H groups in total. The summed E-state index contributed by atoms with van der Waals surface area (Å²) in [5.74, 6) is -2.22. The highest BCUT2D eigenvalue weighted by Gasteiger charge is 2.16. The van der Waals surface area contributed by atoms with Gasteiger partial charge in [0.05, 0.1) is 6.42 Å². The largest absolute Gasteiger partial charge is 0.508 e. The van der Waals surface area contributed by atoms with Crippen molar-refractivity contribution in [2.75, 3.05) is 0 Å². The summed E-state index contributed by atoms with van der Waals surface area (Å²) in [6.45, 7) is 0. The van der Waals surface area contributed by atoms with Crippen LogP contribution >= 0.6 is 19.8 Å². The van der Waals surface area contributed by atoms with E-state index in [-0.39, 0.29) is 14.9 Å². The number of hydrogen-bond donors (Lipinski definition) is 3. The van der Waals surface area contributed by atoms with Crippen molar-refractivity contribution in [1.29, 1.82) is 0 Å². The van der Waals surface area contributed by atoms with Crippen molar-refractivity contribution < 1.29 is 26.3 Å². The zero-order valence-electron chi connectivity index (χ0n) is 7.31. The van der Waals surface area contributed by atoms with Crippen LogP contribution in [0.1, 0.15) is 5.56 Å². The Morgan fingerprint density at radius 1 is 1.27 bits per heavy atom. The summed E-state index contributed by atoms with van der Waals surface area (Å²) in [4.78, 5) is 10.4. The van der Waals surface area contributed by atoms with Crippen LogP contribution in [0.15, 0.2) is 12.1 Å². The van der Waals surface area contributed by atoms with Crippen molar-refractivity contribution >= 4 is 25.8 Å². The molecular weight excluding hydrogens is 319 g/mol. The molecule has 0 heterocycles. The molecule has 0 amide bonds. The second-order valence-electron chi connectivity index (χ2n) is 2.73. The molecular formula is C8H7IO6. The minimum absolute atomic E-state index is 0.102. The average molecular weight is 326 g/mol. The molecule has 1 aromatic carbocycles. The van der Waals surface area contributed by atoms with Crippen LogP contribution in [0.4, 0.5) is 0 Å². The van der Waals surface area contributed by atoms with E-state index in [0.717, 1.165) is 12.1 Å². The highest BCUT2D eigenvalue weighted by molar-refractivity contribution is 14.2. The van der Waals surface area contributed by atoms with Crippen LogP contribution in [0.25, 0.3) is 0 Å². The lowest BCUT2D eigenvalue weighted by atomic mass is 10.1. The van der Waals surface area contributed by atoms with E-state index in [4.69, 9.17) is 10.2 Å². The Balaban J connectivity index is 3.39. The van der Waals surface area contributed by atoms with E-state index >= 15 is 0 Å². The van der Waals surface area contributed by atoms with Gasteiger partial charge in [-0.25, -0.2) is 6.14 Å². The maximum Gasteiger partial charge on any atom is 0.344 e. The number of aromatic hydroxyl groups is 2. The third-order valence-electron chi connectivity index (χ3n) is 1.61. The van der Waals surface area contributed by atoms with Crippen LogP contribution in [-0.4, -0.2) is 21.3 Å². The predicted octanol–water partition coefficient (Wildman–Crippen LogP) is 1.09. The summed E-state index contributed by atoms with van der Waals surface area (Å²) in [7, 11) is 0. The molecule has 0 atom stereocenters. The van der Waals surface area contributed by atoms with Gasteiger partial charge in [0.25, 0.3) is 0 Å². The molecule has 1 aromatic rings. The van der Waals surface area contributed by atoms with Gasteiger partial charge in [-0.2, -0.15) is 0 Å². The number of phenolic OH excluding ortho intramolecular Hbond substituents is 2. The van der Waals surface area contributed by atoms with Gasteiger partial charge in [0, 0.05) is 6.07 Å². The van der Waals surface area contributed by atoms with Crippen molar-refractivity contribution in [3.63, 3.8) is 0 Å². The molecule has 0 spiro atoms. The van der Waals surface area contributed by atoms with Gasteiger partial charge in [0.1, 0.15) is 15.1 Å². The lowest BCUT2D eigenvalue weighted by Gasteiger charge is -2.03. The molecule has 0 fully saturated rings. The van der Waals surface area contributed by atoms with E-state index in [1.54, 1.807) is 0 Å². The van der Waals surface area contributed by atoms with Gasteiger partial charge < -0.3 is 15.3 Å². The van der Waals surface area contributed by atoms with Crippen LogP contribution in [0, 0.1) is 3.57 Å². The topological polar surface area (TPSA) is 112 Å². The molecule has 0 saturated carbocycles. The quantitative estimate of drug-likeness (QED) is 0.717. The van der Waals surface area contributed by atoms with Gasteiger partial charge in [-0.15, -0.1) is 0 Å². The van der Waals surface area contributed by atoms with Gasteiger partial charge in [0.15, 0.2) is 0 Å². The Labute approximate surface area is 91.3 Å². The first-order valence-corrected chi connectivity index (χ1v) is 6.57. The van der Waals surface area contributed by atoms with Crippen LogP contribution < -0.4 is 0 Å². The number of rotatable bonds is 3. The van der Waals surface area contributed by atoms with Gasteiger partial charge >= 0.3 is 25.8 Å². The highest BCUT2D eigenvalue weighted by atomic mass is 127. The summed E-state index contributed by atoms with van der Waals surface area (Å²) in [5, 5.41) is 26.8. The molecule has 6 nitrogen and oxygen atoms in total. The molecule has 7 heteroatoms. The summed E-state index contributed by atoms with van der Waals surface area (Å²) in [5.41, 5.74) is -0.102. The van der Waals surface area contributed by atoms with E-state index < -0.39 is 37.9 Å². The van der Waals surface area contributed by atoms with Crippen molar-refractivity contribution in [1.82, 2.24) is 0 Å². The van der Waals surface area contributed by atoms with Crippen molar-refractivity contribution in [3.05, 3.63) is 21.3 Å². The Hall–Kier alpha value is -1.38. The lowest BCUT2D eigenvalue weighted by molar-refractivity contribution is -0.136. The zero-order valence-corrected chi connectivity index (χ0v) is 9.46. The number of carbonyl (C=O) groups is 1. The number of halogens is 1. The van der Waals surface area contributed by atoms with E-state index in [1.807, 2.05) is 0 Å². The fraction of sp³-hybridized carbons (Fsp3) is 0.125. The van der Waals surface area contributed by atoms with Gasteiger partial charge in [-0.3, -0.25) is 4.79 Å². The van der Waals surface area contributed by atoms with Crippen molar-refractivity contribution in [2.24, 2.45) is 0 Å². The number of benzene rings is 1.